The number of anilines is 1. The summed E-state index contributed by atoms with van der Waals surface area (Å²) in [4.78, 5) is 17.6. The number of nitrogens with zero attached hydrogens (tertiary/aromatic N) is 3. The molecule has 0 atom stereocenters. The zero-order chi connectivity index (χ0) is 21.6. The van der Waals surface area contributed by atoms with Crippen LogP contribution in [0.15, 0.2) is 77.9 Å². The van der Waals surface area contributed by atoms with Gasteiger partial charge in [-0.25, -0.2) is 4.98 Å². The topological polar surface area (TPSA) is 64.0 Å². The lowest BCUT2D eigenvalue weighted by Gasteiger charge is -2.14. The number of hydrogen-bond donors (Lipinski definition) is 0. The molecular formula is C23H18ClN3O3S. The molecule has 0 aliphatic heterocycles. The second kappa shape index (κ2) is 9.59. The number of fused-ring (bicyclic) bond motifs is 1. The third-order valence-corrected chi connectivity index (χ3v) is 5.55. The number of halogens is 1. The number of hydrogen-bond acceptors (Lipinski definition) is 6. The van der Waals surface area contributed by atoms with Gasteiger partial charge in [-0.05, 0) is 48.0 Å². The highest BCUT2D eigenvalue weighted by atomic mass is 35.5. The fraction of sp³-hybridized carbons (Fsp3) is 0.0870. The molecule has 0 saturated heterocycles. The summed E-state index contributed by atoms with van der Waals surface area (Å²) < 4.78 is 11.8. The number of hydrazone groups is 1. The third kappa shape index (κ3) is 5.20. The van der Waals surface area contributed by atoms with Gasteiger partial charge in [-0.1, -0.05) is 53.3 Å². The summed E-state index contributed by atoms with van der Waals surface area (Å²) >= 11 is 7.25. The maximum absolute atomic E-state index is 13.0. The Balaban J connectivity index is 1.61. The largest absolute Gasteiger partial charge is 0.497 e. The van der Waals surface area contributed by atoms with Crippen LogP contribution in [0.25, 0.3) is 10.2 Å². The number of rotatable bonds is 7. The molecule has 0 aliphatic rings. The van der Waals surface area contributed by atoms with Crippen LogP contribution in [0, 0.1) is 0 Å². The first-order valence-corrected chi connectivity index (χ1v) is 10.6. The minimum atomic E-state index is -0.354. The molecule has 0 fully saturated rings. The molecule has 1 amide bonds. The van der Waals surface area contributed by atoms with Gasteiger partial charge >= 0.3 is 0 Å². The fourth-order valence-electron chi connectivity index (χ4n) is 2.73. The van der Waals surface area contributed by atoms with Crippen LogP contribution in [0.1, 0.15) is 5.56 Å². The summed E-state index contributed by atoms with van der Waals surface area (Å²) in [5.74, 6) is 0.909. The van der Waals surface area contributed by atoms with Crippen LogP contribution in [0.2, 0.25) is 5.02 Å². The molecule has 0 spiro atoms. The van der Waals surface area contributed by atoms with E-state index < -0.39 is 0 Å². The van der Waals surface area contributed by atoms with Gasteiger partial charge in [0.25, 0.3) is 5.91 Å². The third-order valence-electron chi connectivity index (χ3n) is 4.30. The van der Waals surface area contributed by atoms with Crippen LogP contribution in [-0.2, 0) is 4.79 Å². The summed E-state index contributed by atoms with van der Waals surface area (Å²) in [5.41, 5.74) is 1.62. The quantitative estimate of drug-likeness (QED) is 0.278. The summed E-state index contributed by atoms with van der Waals surface area (Å²) in [6, 6.07) is 21.9. The molecule has 0 unspecified atom stereocenters. The molecule has 4 aromatic rings. The van der Waals surface area contributed by atoms with E-state index in [1.54, 1.807) is 37.6 Å². The number of carbonyl (C=O) groups excluding carboxylic acids is 1. The lowest BCUT2D eigenvalue weighted by atomic mass is 10.2. The minimum absolute atomic E-state index is 0.201. The van der Waals surface area contributed by atoms with E-state index in [0.29, 0.717) is 15.9 Å². The normalized spacial score (nSPS) is 11.0. The number of amides is 1. The second-order valence-corrected chi connectivity index (χ2v) is 7.88. The van der Waals surface area contributed by atoms with Crippen LogP contribution >= 0.6 is 22.9 Å². The smallest absolute Gasteiger partial charge is 0.287 e. The van der Waals surface area contributed by atoms with Crippen molar-refractivity contribution in [2.45, 2.75) is 0 Å². The Morgan fingerprint density at radius 1 is 1.10 bits per heavy atom. The zero-order valence-electron chi connectivity index (χ0n) is 16.6. The number of methoxy groups -OCH3 is 1. The van der Waals surface area contributed by atoms with Gasteiger partial charge in [-0.2, -0.15) is 10.1 Å². The molecule has 0 saturated carbocycles. The first-order chi connectivity index (χ1) is 15.1. The second-order valence-electron chi connectivity index (χ2n) is 6.43. The Morgan fingerprint density at radius 2 is 1.84 bits per heavy atom. The minimum Gasteiger partial charge on any atom is -0.497 e. The Kier molecular flexibility index (Phi) is 6.45. The fourth-order valence-corrected chi connectivity index (χ4v) is 3.83. The Morgan fingerprint density at radius 3 is 2.58 bits per heavy atom. The van der Waals surface area contributed by atoms with E-state index in [1.165, 1.54) is 16.3 Å². The molecule has 4 rings (SSSR count). The first kappa shape index (κ1) is 20.8. The lowest BCUT2D eigenvalue weighted by Crippen LogP contribution is -2.30. The predicted molar refractivity (Wildman–Crippen MR) is 125 cm³/mol. The van der Waals surface area contributed by atoms with Gasteiger partial charge in [0.1, 0.15) is 11.5 Å². The molecule has 3 aromatic carbocycles. The number of thiazole rings is 1. The molecule has 0 aliphatic carbocycles. The van der Waals surface area contributed by atoms with Crippen molar-refractivity contribution >= 4 is 50.4 Å². The van der Waals surface area contributed by atoms with Gasteiger partial charge in [0.05, 0.1) is 23.5 Å². The van der Waals surface area contributed by atoms with Gasteiger partial charge < -0.3 is 9.47 Å². The molecule has 0 N–H and O–H groups in total. The van der Waals surface area contributed by atoms with Crippen LogP contribution < -0.4 is 14.5 Å². The van der Waals surface area contributed by atoms with E-state index in [2.05, 4.69) is 10.1 Å². The Hall–Kier alpha value is -3.42. The Labute approximate surface area is 188 Å². The van der Waals surface area contributed by atoms with Gasteiger partial charge in [-0.3, -0.25) is 4.79 Å². The molecule has 6 nitrogen and oxygen atoms in total. The van der Waals surface area contributed by atoms with E-state index in [1.807, 2.05) is 48.5 Å². The van der Waals surface area contributed by atoms with Crippen molar-refractivity contribution in [3.8, 4) is 11.5 Å². The number of carbonyl (C=O) groups is 1. The van der Waals surface area contributed by atoms with Gasteiger partial charge in [-0.15, -0.1) is 0 Å². The van der Waals surface area contributed by atoms with Gasteiger partial charge in [0, 0.05) is 5.02 Å². The molecular weight excluding hydrogens is 434 g/mol. The van der Waals surface area contributed by atoms with E-state index >= 15 is 0 Å². The SMILES string of the molecule is COc1ccc2nc(N(/N=C/c3ccccc3)C(=O)COc3ccc(Cl)cc3)sc2c1. The standard InChI is InChI=1S/C23H18ClN3O3S/c1-29-19-11-12-20-21(13-19)31-23(26-20)27(25-14-16-5-3-2-4-6-16)22(28)15-30-18-9-7-17(24)8-10-18/h2-14H,15H2,1H3/b25-14+. The highest BCUT2D eigenvalue weighted by Gasteiger charge is 2.20. The van der Waals surface area contributed by atoms with Crippen LogP contribution in [0.5, 0.6) is 11.5 Å². The highest BCUT2D eigenvalue weighted by molar-refractivity contribution is 7.22. The molecule has 8 heteroatoms. The average Bonchev–Trinajstić information content (AvgIpc) is 3.22. The van der Waals surface area contributed by atoms with Crippen molar-refractivity contribution in [2.24, 2.45) is 5.10 Å². The van der Waals surface area contributed by atoms with Crippen molar-refractivity contribution < 1.29 is 14.3 Å². The monoisotopic (exact) mass is 451 g/mol. The van der Waals surface area contributed by atoms with E-state index in [-0.39, 0.29) is 12.5 Å². The number of benzene rings is 3. The average molecular weight is 452 g/mol. The molecule has 0 bridgehead atoms. The molecule has 156 valence electrons. The van der Waals surface area contributed by atoms with Crippen molar-refractivity contribution in [1.29, 1.82) is 0 Å². The summed E-state index contributed by atoms with van der Waals surface area (Å²) in [6.45, 7) is -0.201. The van der Waals surface area contributed by atoms with E-state index in [9.17, 15) is 4.79 Å². The first-order valence-electron chi connectivity index (χ1n) is 9.37. The zero-order valence-corrected chi connectivity index (χ0v) is 18.1. The summed E-state index contributed by atoms with van der Waals surface area (Å²) in [6.07, 6.45) is 1.62. The lowest BCUT2D eigenvalue weighted by molar-refractivity contribution is -0.120. The number of aromatic nitrogens is 1. The molecule has 1 heterocycles. The van der Waals surface area contributed by atoms with Crippen molar-refractivity contribution in [3.63, 3.8) is 0 Å². The van der Waals surface area contributed by atoms with Crippen LogP contribution in [0.4, 0.5) is 5.13 Å². The maximum atomic E-state index is 13.0. The predicted octanol–water partition coefficient (Wildman–Crippen LogP) is 5.40. The molecule has 1 aromatic heterocycles. The van der Waals surface area contributed by atoms with Crippen molar-refractivity contribution in [2.75, 3.05) is 18.7 Å². The highest BCUT2D eigenvalue weighted by Crippen LogP contribution is 2.32. The van der Waals surface area contributed by atoms with Gasteiger partial charge in [0.2, 0.25) is 5.13 Å². The van der Waals surface area contributed by atoms with E-state index in [4.69, 9.17) is 21.1 Å². The maximum Gasteiger partial charge on any atom is 0.287 e. The summed E-state index contributed by atoms with van der Waals surface area (Å²) in [7, 11) is 1.61. The summed E-state index contributed by atoms with van der Waals surface area (Å²) in [5, 5.41) is 6.71. The Bertz CT molecular complexity index is 1210. The van der Waals surface area contributed by atoms with Gasteiger partial charge in [0.15, 0.2) is 6.61 Å². The molecule has 0 radical (unpaired) electrons. The van der Waals surface area contributed by atoms with Crippen LogP contribution in [-0.4, -0.2) is 30.8 Å². The van der Waals surface area contributed by atoms with E-state index in [0.717, 1.165) is 21.5 Å². The van der Waals surface area contributed by atoms with Crippen molar-refractivity contribution in [3.05, 3.63) is 83.4 Å². The molecule has 31 heavy (non-hydrogen) atoms. The number of ether oxygens (including phenoxy) is 2. The van der Waals surface area contributed by atoms with Crippen molar-refractivity contribution in [1.82, 2.24) is 4.98 Å². The van der Waals surface area contributed by atoms with Crippen LogP contribution in [0.3, 0.4) is 0 Å².